The quantitative estimate of drug-likeness (QED) is 0.216. The number of ether oxygens (including phenoxy) is 2. The molecule has 0 aliphatic heterocycles. The Kier molecular flexibility index (Phi) is 7.02. The Balaban J connectivity index is 1.43. The summed E-state index contributed by atoms with van der Waals surface area (Å²) in [7, 11) is 3.31. The zero-order valence-corrected chi connectivity index (χ0v) is 21.1. The van der Waals surface area contributed by atoms with Crippen LogP contribution in [0.25, 0.3) is 33.4 Å². The highest BCUT2D eigenvalue weighted by Gasteiger charge is 2.13. The average molecular weight is 496 g/mol. The number of nitrogens with zero attached hydrogens (tertiary/aromatic N) is 1. The molecule has 0 heterocycles. The molecule has 0 aliphatic carbocycles. The van der Waals surface area contributed by atoms with Crippen molar-refractivity contribution in [2.45, 2.75) is 0 Å². The largest absolute Gasteiger partial charge is 0.496 e. The molecule has 5 rings (SSSR count). The lowest BCUT2D eigenvalue weighted by Crippen LogP contribution is -2.00. The van der Waals surface area contributed by atoms with Gasteiger partial charge in [0, 0.05) is 22.3 Å². The standard InChI is InChI=1S/C34H25NO3/c1-37-32-20-28(16-18-30(32)24-10-8-23(22-35)9-11-24)29-17-19-31(33(21-29)38-2)25-12-14-27(15-13-25)34(36)26-6-4-3-5-7-26/h3-21H,1-2H3. The van der Waals surface area contributed by atoms with Crippen LogP contribution in [0.5, 0.6) is 11.5 Å². The third-order valence-electron chi connectivity index (χ3n) is 6.56. The third-order valence-corrected chi connectivity index (χ3v) is 6.56. The Morgan fingerprint density at radius 1 is 0.579 bits per heavy atom. The molecule has 4 heteroatoms. The van der Waals surface area contributed by atoms with Crippen molar-refractivity contribution in [1.82, 2.24) is 0 Å². The van der Waals surface area contributed by atoms with Crippen LogP contribution in [-0.2, 0) is 0 Å². The van der Waals surface area contributed by atoms with E-state index >= 15 is 0 Å². The molecule has 4 nitrogen and oxygen atoms in total. The first-order valence-corrected chi connectivity index (χ1v) is 12.2. The van der Waals surface area contributed by atoms with Crippen LogP contribution in [0.15, 0.2) is 115 Å². The van der Waals surface area contributed by atoms with Crippen LogP contribution in [-0.4, -0.2) is 20.0 Å². The van der Waals surface area contributed by atoms with Crippen LogP contribution < -0.4 is 9.47 Å². The van der Waals surface area contributed by atoms with E-state index in [0.29, 0.717) is 16.7 Å². The van der Waals surface area contributed by atoms with Crippen LogP contribution in [0.4, 0.5) is 0 Å². The Morgan fingerprint density at radius 2 is 1.03 bits per heavy atom. The number of methoxy groups -OCH3 is 2. The summed E-state index contributed by atoms with van der Waals surface area (Å²) < 4.78 is 11.5. The maximum absolute atomic E-state index is 12.8. The van der Waals surface area contributed by atoms with Crippen molar-refractivity contribution in [3.63, 3.8) is 0 Å². The molecule has 0 aliphatic rings. The van der Waals surface area contributed by atoms with Crippen molar-refractivity contribution in [3.05, 3.63) is 132 Å². The van der Waals surface area contributed by atoms with E-state index in [1.807, 2.05) is 91.0 Å². The fourth-order valence-electron chi connectivity index (χ4n) is 4.50. The van der Waals surface area contributed by atoms with Gasteiger partial charge in [-0.1, -0.05) is 91.0 Å². The zero-order valence-electron chi connectivity index (χ0n) is 21.1. The van der Waals surface area contributed by atoms with E-state index in [1.165, 1.54) is 0 Å². The van der Waals surface area contributed by atoms with E-state index < -0.39 is 0 Å². The van der Waals surface area contributed by atoms with E-state index in [2.05, 4.69) is 18.2 Å². The highest BCUT2D eigenvalue weighted by Crippen LogP contribution is 2.38. The first-order chi connectivity index (χ1) is 18.6. The van der Waals surface area contributed by atoms with Crippen LogP contribution in [0.1, 0.15) is 21.5 Å². The van der Waals surface area contributed by atoms with Crippen molar-refractivity contribution in [2.75, 3.05) is 14.2 Å². The molecular formula is C34H25NO3. The van der Waals surface area contributed by atoms with Gasteiger partial charge in [0.25, 0.3) is 0 Å². The van der Waals surface area contributed by atoms with Gasteiger partial charge in [-0.15, -0.1) is 0 Å². The summed E-state index contributed by atoms with van der Waals surface area (Å²) in [4.78, 5) is 12.8. The smallest absolute Gasteiger partial charge is 0.193 e. The zero-order chi connectivity index (χ0) is 26.5. The number of rotatable bonds is 7. The van der Waals surface area contributed by atoms with Gasteiger partial charge in [0.1, 0.15) is 11.5 Å². The first-order valence-electron chi connectivity index (χ1n) is 12.2. The summed E-state index contributed by atoms with van der Waals surface area (Å²) in [6.45, 7) is 0. The van der Waals surface area contributed by atoms with Crippen molar-refractivity contribution >= 4 is 5.78 Å². The predicted molar refractivity (Wildman–Crippen MR) is 150 cm³/mol. The van der Waals surface area contributed by atoms with Gasteiger partial charge in [-0.3, -0.25) is 4.79 Å². The molecule has 0 saturated heterocycles. The molecule has 0 aromatic heterocycles. The summed E-state index contributed by atoms with van der Waals surface area (Å²) in [5, 5.41) is 9.08. The van der Waals surface area contributed by atoms with Crippen LogP contribution >= 0.6 is 0 Å². The SMILES string of the molecule is COc1cc(-c2ccc(-c3ccc(C(=O)c4ccccc4)cc3)c(OC)c2)ccc1-c1ccc(C#N)cc1. The second-order valence-corrected chi connectivity index (χ2v) is 8.79. The Bertz CT molecular complexity index is 1630. The average Bonchev–Trinajstić information content (AvgIpc) is 3.00. The van der Waals surface area contributed by atoms with Crippen molar-refractivity contribution in [1.29, 1.82) is 5.26 Å². The van der Waals surface area contributed by atoms with Crippen molar-refractivity contribution in [2.24, 2.45) is 0 Å². The minimum Gasteiger partial charge on any atom is -0.496 e. The van der Waals surface area contributed by atoms with Gasteiger partial charge in [-0.2, -0.15) is 5.26 Å². The molecule has 0 atom stereocenters. The van der Waals surface area contributed by atoms with Crippen LogP contribution in [0.3, 0.4) is 0 Å². The molecular weight excluding hydrogens is 470 g/mol. The topological polar surface area (TPSA) is 59.3 Å². The predicted octanol–water partition coefficient (Wildman–Crippen LogP) is 7.81. The fraction of sp³-hybridized carbons (Fsp3) is 0.0588. The van der Waals surface area contributed by atoms with Crippen molar-refractivity contribution < 1.29 is 14.3 Å². The van der Waals surface area contributed by atoms with E-state index in [9.17, 15) is 4.79 Å². The molecule has 0 radical (unpaired) electrons. The van der Waals surface area contributed by atoms with Crippen LogP contribution in [0.2, 0.25) is 0 Å². The number of nitriles is 1. The number of ketones is 1. The Hall–Kier alpha value is -5.14. The molecule has 38 heavy (non-hydrogen) atoms. The van der Waals surface area contributed by atoms with Gasteiger partial charge in [0.05, 0.1) is 25.9 Å². The molecule has 0 N–H and O–H groups in total. The first kappa shape index (κ1) is 24.5. The van der Waals surface area contributed by atoms with Crippen molar-refractivity contribution in [3.8, 4) is 50.9 Å². The maximum atomic E-state index is 12.8. The van der Waals surface area contributed by atoms with Crippen LogP contribution in [0, 0.1) is 11.3 Å². The lowest BCUT2D eigenvalue weighted by atomic mass is 9.95. The molecule has 0 saturated carbocycles. The number of carbonyl (C=O) groups is 1. The normalized spacial score (nSPS) is 10.4. The summed E-state index contributed by atoms with van der Waals surface area (Å²) in [5.74, 6) is 1.48. The molecule has 0 unspecified atom stereocenters. The Labute approximate surface area is 222 Å². The van der Waals surface area contributed by atoms with Gasteiger partial charge in [0.2, 0.25) is 0 Å². The number of hydrogen-bond donors (Lipinski definition) is 0. The molecule has 5 aromatic rings. The van der Waals surface area contributed by atoms with E-state index in [1.54, 1.807) is 26.4 Å². The summed E-state index contributed by atoms with van der Waals surface area (Å²) in [6, 6.07) is 38.6. The highest BCUT2D eigenvalue weighted by atomic mass is 16.5. The second kappa shape index (κ2) is 10.9. The monoisotopic (exact) mass is 495 g/mol. The lowest BCUT2D eigenvalue weighted by Gasteiger charge is -2.14. The molecule has 0 fully saturated rings. The molecule has 0 spiro atoms. The molecule has 5 aromatic carbocycles. The van der Waals surface area contributed by atoms with Gasteiger partial charge in [-0.25, -0.2) is 0 Å². The number of hydrogen-bond acceptors (Lipinski definition) is 4. The highest BCUT2D eigenvalue weighted by molar-refractivity contribution is 6.09. The molecule has 0 bridgehead atoms. The Morgan fingerprint density at radius 3 is 1.50 bits per heavy atom. The van der Waals surface area contributed by atoms with E-state index in [0.717, 1.165) is 44.9 Å². The van der Waals surface area contributed by atoms with Gasteiger partial charge < -0.3 is 9.47 Å². The van der Waals surface area contributed by atoms with Gasteiger partial charge in [-0.05, 0) is 46.5 Å². The summed E-state index contributed by atoms with van der Waals surface area (Å²) in [5.41, 5.74) is 7.76. The summed E-state index contributed by atoms with van der Waals surface area (Å²) in [6.07, 6.45) is 0. The minimum absolute atomic E-state index is 0.00198. The number of carbonyl (C=O) groups excluding carboxylic acids is 1. The fourth-order valence-corrected chi connectivity index (χ4v) is 4.50. The lowest BCUT2D eigenvalue weighted by molar-refractivity contribution is 0.103. The summed E-state index contributed by atoms with van der Waals surface area (Å²) >= 11 is 0. The minimum atomic E-state index is -0.00198. The van der Waals surface area contributed by atoms with E-state index in [4.69, 9.17) is 14.7 Å². The van der Waals surface area contributed by atoms with E-state index in [-0.39, 0.29) is 5.78 Å². The van der Waals surface area contributed by atoms with Gasteiger partial charge in [0.15, 0.2) is 5.78 Å². The second-order valence-electron chi connectivity index (χ2n) is 8.79. The van der Waals surface area contributed by atoms with Gasteiger partial charge >= 0.3 is 0 Å². The maximum Gasteiger partial charge on any atom is 0.193 e. The number of benzene rings is 5. The molecule has 184 valence electrons. The third kappa shape index (κ3) is 4.91. The molecule has 0 amide bonds.